The summed E-state index contributed by atoms with van der Waals surface area (Å²) < 4.78 is 10.3. The van der Waals surface area contributed by atoms with E-state index < -0.39 is 0 Å². The van der Waals surface area contributed by atoms with Gasteiger partial charge in [-0.1, -0.05) is 12.1 Å². The van der Waals surface area contributed by atoms with E-state index in [9.17, 15) is 4.79 Å². The minimum Gasteiger partial charge on any atom is -0.497 e. The van der Waals surface area contributed by atoms with Gasteiger partial charge in [0, 0.05) is 11.8 Å². The predicted molar refractivity (Wildman–Crippen MR) is 79.9 cm³/mol. The molecule has 0 saturated carbocycles. The smallest absolute Gasteiger partial charge is 0.259 e. The number of ether oxygens (including phenoxy) is 2. The van der Waals surface area contributed by atoms with Crippen molar-refractivity contribution in [3.63, 3.8) is 0 Å². The van der Waals surface area contributed by atoms with Gasteiger partial charge in [0.25, 0.3) is 5.91 Å². The van der Waals surface area contributed by atoms with Crippen LogP contribution < -0.4 is 14.8 Å². The van der Waals surface area contributed by atoms with Crippen molar-refractivity contribution >= 4 is 11.6 Å². The average Bonchev–Trinajstić information content (AvgIpc) is 2.54. The Balaban J connectivity index is 2.23. The Morgan fingerprint density at radius 1 is 1.14 bits per heavy atom. The van der Waals surface area contributed by atoms with Gasteiger partial charge in [0.05, 0.1) is 26.4 Å². The molecule has 0 aliphatic rings. The number of hydrogen-bond donors (Lipinski definition) is 2. The van der Waals surface area contributed by atoms with Crippen molar-refractivity contribution in [1.29, 1.82) is 0 Å². The highest BCUT2D eigenvalue weighted by molar-refractivity contribution is 6.06. The molecule has 110 valence electrons. The Kier molecular flexibility index (Phi) is 4.79. The van der Waals surface area contributed by atoms with Crippen LogP contribution in [0.15, 0.2) is 42.5 Å². The number of aliphatic hydroxyl groups excluding tert-OH is 1. The van der Waals surface area contributed by atoms with Crippen molar-refractivity contribution in [2.45, 2.75) is 6.61 Å². The van der Waals surface area contributed by atoms with Gasteiger partial charge in [-0.3, -0.25) is 4.79 Å². The number of methoxy groups -OCH3 is 2. The molecule has 2 N–H and O–H groups in total. The molecule has 0 atom stereocenters. The van der Waals surface area contributed by atoms with Gasteiger partial charge in [0.1, 0.15) is 11.5 Å². The number of anilines is 1. The quantitative estimate of drug-likeness (QED) is 0.886. The van der Waals surface area contributed by atoms with Gasteiger partial charge in [-0.2, -0.15) is 0 Å². The fraction of sp³-hybridized carbons (Fsp3) is 0.188. The van der Waals surface area contributed by atoms with Crippen LogP contribution >= 0.6 is 0 Å². The molecule has 0 saturated heterocycles. The first kappa shape index (κ1) is 14.9. The number of amides is 1. The van der Waals surface area contributed by atoms with Crippen LogP contribution in [0.5, 0.6) is 11.5 Å². The molecule has 0 bridgehead atoms. The zero-order valence-corrected chi connectivity index (χ0v) is 11.9. The molecule has 2 aromatic carbocycles. The first-order valence-electron chi connectivity index (χ1n) is 6.41. The minimum atomic E-state index is -0.287. The Bertz CT molecular complexity index is 640. The molecule has 0 radical (unpaired) electrons. The third kappa shape index (κ3) is 3.52. The summed E-state index contributed by atoms with van der Waals surface area (Å²) >= 11 is 0. The van der Waals surface area contributed by atoms with Gasteiger partial charge in [-0.25, -0.2) is 0 Å². The van der Waals surface area contributed by atoms with E-state index in [4.69, 9.17) is 14.6 Å². The van der Waals surface area contributed by atoms with Crippen molar-refractivity contribution in [3.05, 3.63) is 53.6 Å². The molecule has 5 heteroatoms. The maximum absolute atomic E-state index is 12.3. The van der Waals surface area contributed by atoms with Gasteiger partial charge in [0.15, 0.2) is 0 Å². The third-order valence-corrected chi connectivity index (χ3v) is 3.02. The zero-order chi connectivity index (χ0) is 15.2. The molecule has 0 heterocycles. The van der Waals surface area contributed by atoms with Gasteiger partial charge in [-0.15, -0.1) is 0 Å². The molecule has 2 rings (SSSR count). The Morgan fingerprint density at radius 3 is 2.62 bits per heavy atom. The number of aliphatic hydroxyl groups is 1. The Hall–Kier alpha value is -2.53. The van der Waals surface area contributed by atoms with Crippen LogP contribution in [0.2, 0.25) is 0 Å². The van der Waals surface area contributed by atoms with Gasteiger partial charge >= 0.3 is 0 Å². The number of hydrogen-bond acceptors (Lipinski definition) is 4. The highest BCUT2D eigenvalue weighted by atomic mass is 16.5. The van der Waals surface area contributed by atoms with Crippen molar-refractivity contribution in [2.75, 3.05) is 19.5 Å². The van der Waals surface area contributed by atoms with E-state index >= 15 is 0 Å². The van der Waals surface area contributed by atoms with Crippen LogP contribution in [0.4, 0.5) is 5.69 Å². The van der Waals surface area contributed by atoms with Crippen molar-refractivity contribution in [2.24, 2.45) is 0 Å². The highest BCUT2D eigenvalue weighted by Gasteiger charge is 2.13. The molecule has 0 unspecified atom stereocenters. The van der Waals surface area contributed by atoms with E-state index in [1.807, 2.05) is 0 Å². The predicted octanol–water partition coefficient (Wildman–Crippen LogP) is 2.45. The molecule has 0 fully saturated rings. The van der Waals surface area contributed by atoms with Crippen LogP contribution in [-0.2, 0) is 6.61 Å². The Morgan fingerprint density at radius 2 is 1.95 bits per heavy atom. The molecule has 0 spiro atoms. The van der Waals surface area contributed by atoms with Crippen LogP contribution in [0.3, 0.4) is 0 Å². The van der Waals surface area contributed by atoms with Crippen LogP contribution in [-0.4, -0.2) is 25.2 Å². The second-order valence-electron chi connectivity index (χ2n) is 4.38. The fourth-order valence-corrected chi connectivity index (χ4v) is 1.93. The lowest BCUT2D eigenvalue weighted by molar-refractivity contribution is 0.102. The zero-order valence-electron chi connectivity index (χ0n) is 11.9. The van der Waals surface area contributed by atoms with E-state index in [1.54, 1.807) is 49.6 Å². The van der Waals surface area contributed by atoms with Gasteiger partial charge in [0.2, 0.25) is 0 Å². The minimum absolute atomic E-state index is 0.0738. The summed E-state index contributed by atoms with van der Waals surface area (Å²) in [5.74, 6) is 0.764. The number of benzene rings is 2. The normalized spacial score (nSPS) is 10.0. The standard InChI is InChI=1S/C16H17NO4/c1-20-13-6-7-14(15(9-13)21-2)16(19)17-12-5-3-4-11(8-12)10-18/h3-9,18H,10H2,1-2H3,(H,17,19). The maximum Gasteiger partial charge on any atom is 0.259 e. The lowest BCUT2D eigenvalue weighted by atomic mass is 10.1. The lowest BCUT2D eigenvalue weighted by Gasteiger charge is -2.11. The summed E-state index contributed by atoms with van der Waals surface area (Å²) in [6.07, 6.45) is 0. The Labute approximate surface area is 123 Å². The molecule has 0 aliphatic carbocycles. The summed E-state index contributed by atoms with van der Waals surface area (Å²) in [6.45, 7) is -0.0738. The molecule has 0 aliphatic heterocycles. The first-order chi connectivity index (χ1) is 10.2. The highest BCUT2D eigenvalue weighted by Crippen LogP contribution is 2.25. The summed E-state index contributed by atoms with van der Waals surface area (Å²) in [5.41, 5.74) is 1.76. The summed E-state index contributed by atoms with van der Waals surface area (Å²) in [5, 5.41) is 11.9. The summed E-state index contributed by atoms with van der Waals surface area (Å²) in [6, 6.07) is 12.0. The molecular weight excluding hydrogens is 270 g/mol. The van der Waals surface area contributed by atoms with E-state index in [1.165, 1.54) is 7.11 Å². The van der Waals surface area contributed by atoms with Gasteiger partial charge in [-0.05, 0) is 29.8 Å². The number of rotatable bonds is 5. The molecule has 5 nitrogen and oxygen atoms in total. The van der Waals surface area contributed by atoms with Crippen LogP contribution in [0, 0.1) is 0 Å². The molecule has 0 aromatic heterocycles. The largest absolute Gasteiger partial charge is 0.497 e. The second kappa shape index (κ2) is 6.76. The topological polar surface area (TPSA) is 67.8 Å². The van der Waals surface area contributed by atoms with Crippen molar-refractivity contribution in [3.8, 4) is 11.5 Å². The molecule has 2 aromatic rings. The van der Waals surface area contributed by atoms with Crippen LogP contribution in [0.25, 0.3) is 0 Å². The summed E-state index contributed by atoms with van der Waals surface area (Å²) in [7, 11) is 3.05. The maximum atomic E-state index is 12.3. The van der Waals surface area contributed by atoms with Crippen molar-refractivity contribution in [1.82, 2.24) is 0 Å². The number of carbonyl (C=O) groups is 1. The third-order valence-electron chi connectivity index (χ3n) is 3.02. The first-order valence-corrected chi connectivity index (χ1v) is 6.41. The molecule has 21 heavy (non-hydrogen) atoms. The molecule has 1 amide bonds. The molecular formula is C16H17NO4. The van der Waals surface area contributed by atoms with E-state index in [0.717, 1.165) is 5.56 Å². The SMILES string of the molecule is COc1ccc(C(=O)Nc2cccc(CO)c2)c(OC)c1. The van der Waals surface area contributed by atoms with Crippen molar-refractivity contribution < 1.29 is 19.4 Å². The van der Waals surface area contributed by atoms with E-state index in [-0.39, 0.29) is 12.5 Å². The second-order valence-corrected chi connectivity index (χ2v) is 4.38. The fourth-order valence-electron chi connectivity index (χ4n) is 1.93. The van der Waals surface area contributed by atoms with Crippen LogP contribution in [0.1, 0.15) is 15.9 Å². The lowest BCUT2D eigenvalue weighted by Crippen LogP contribution is -2.13. The number of carbonyl (C=O) groups excluding carboxylic acids is 1. The van der Waals surface area contributed by atoms with E-state index in [2.05, 4.69) is 5.32 Å². The summed E-state index contributed by atoms with van der Waals surface area (Å²) in [4.78, 5) is 12.3. The number of nitrogens with one attached hydrogen (secondary N) is 1. The monoisotopic (exact) mass is 287 g/mol. The average molecular weight is 287 g/mol. The van der Waals surface area contributed by atoms with Gasteiger partial charge < -0.3 is 19.9 Å². The van der Waals surface area contributed by atoms with E-state index in [0.29, 0.717) is 22.7 Å².